The van der Waals surface area contributed by atoms with Crippen LogP contribution in [0.15, 0.2) is 36.4 Å². The zero-order valence-corrected chi connectivity index (χ0v) is 8.94. The van der Waals surface area contributed by atoms with Crippen LogP contribution in [0.5, 0.6) is 0 Å². The molecule has 0 bridgehead atoms. The quantitative estimate of drug-likeness (QED) is 0.854. The van der Waals surface area contributed by atoms with Crippen LogP contribution in [0.3, 0.4) is 0 Å². The maximum atomic E-state index is 12.7. The van der Waals surface area contributed by atoms with Crippen LogP contribution in [0.2, 0.25) is 0 Å². The molecule has 0 aliphatic carbocycles. The molecule has 4 heteroatoms. The summed E-state index contributed by atoms with van der Waals surface area (Å²) in [4.78, 5) is 0. The zero-order valence-electron chi connectivity index (χ0n) is 8.94. The topological polar surface area (TPSA) is 37.8 Å². The minimum Gasteiger partial charge on any atom is -0.314 e. The van der Waals surface area contributed by atoms with Crippen LogP contribution < -0.4 is 5.32 Å². The van der Waals surface area contributed by atoms with Crippen LogP contribution in [0.25, 0.3) is 11.3 Å². The van der Waals surface area contributed by atoms with Crippen LogP contribution in [-0.4, -0.2) is 17.2 Å². The van der Waals surface area contributed by atoms with Crippen LogP contribution >= 0.6 is 0 Å². The van der Waals surface area contributed by atoms with Gasteiger partial charge in [0.2, 0.25) is 0 Å². The minimum atomic E-state index is -0.247. The summed E-state index contributed by atoms with van der Waals surface area (Å²) >= 11 is 0. The summed E-state index contributed by atoms with van der Waals surface area (Å²) in [7, 11) is 1.86. The lowest BCUT2D eigenvalue weighted by molar-refractivity contribution is 0.628. The average Bonchev–Trinajstić information content (AvgIpc) is 2.32. The summed E-state index contributed by atoms with van der Waals surface area (Å²) in [6.07, 6.45) is 0. The van der Waals surface area contributed by atoms with Crippen molar-refractivity contribution in [1.29, 1.82) is 0 Å². The lowest BCUT2D eigenvalue weighted by Crippen LogP contribution is -2.07. The van der Waals surface area contributed by atoms with Gasteiger partial charge in [-0.3, -0.25) is 0 Å². The molecule has 0 atom stereocenters. The Kier molecular flexibility index (Phi) is 3.22. The molecule has 1 aromatic heterocycles. The smallest absolute Gasteiger partial charge is 0.123 e. The Balaban J connectivity index is 2.24. The van der Waals surface area contributed by atoms with Gasteiger partial charge in [0.05, 0.1) is 11.4 Å². The molecular formula is C12H12FN3. The van der Waals surface area contributed by atoms with Gasteiger partial charge in [-0.2, -0.15) is 10.2 Å². The predicted octanol–water partition coefficient (Wildman–Crippen LogP) is 2.00. The van der Waals surface area contributed by atoms with Gasteiger partial charge in [-0.05, 0) is 43.4 Å². The van der Waals surface area contributed by atoms with Gasteiger partial charge in [0.1, 0.15) is 5.82 Å². The van der Waals surface area contributed by atoms with Gasteiger partial charge in [-0.1, -0.05) is 0 Å². The highest BCUT2D eigenvalue weighted by molar-refractivity contribution is 5.58. The van der Waals surface area contributed by atoms with Gasteiger partial charge in [0.25, 0.3) is 0 Å². The SMILES string of the molecule is CNCc1ccc(-c2ccc(F)cc2)nn1. The summed E-state index contributed by atoms with van der Waals surface area (Å²) < 4.78 is 12.7. The van der Waals surface area contributed by atoms with Crippen LogP contribution in [0.4, 0.5) is 4.39 Å². The molecule has 16 heavy (non-hydrogen) atoms. The Morgan fingerprint density at radius 1 is 1.06 bits per heavy atom. The predicted molar refractivity (Wildman–Crippen MR) is 60.2 cm³/mol. The lowest BCUT2D eigenvalue weighted by Gasteiger charge is -2.01. The molecule has 0 spiro atoms. The number of hydrogen-bond acceptors (Lipinski definition) is 3. The third kappa shape index (κ3) is 2.41. The number of benzene rings is 1. The van der Waals surface area contributed by atoms with Crippen molar-refractivity contribution in [3.05, 3.63) is 47.9 Å². The molecule has 0 amide bonds. The van der Waals surface area contributed by atoms with Crippen molar-refractivity contribution in [1.82, 2.24) is 15.5 Å². The first kappa shape index (κ1) is 10.7. The summed E-state index contributed by atoms with van der Waals surface area (Å²) in [5, 5.41) is 11.1. The Morgan fingerprint density at radius 2 is 1.81 bits per heavy atom. The highest BCUT2D eigenvalue weighted by Gasteiger charge is 2.00. The first-order valence-corrected chi connectivity index (χ1v) is 5.03. The molecule has 1 heterocycles. The monoisotopic (exact) mass is 217 g/mol. The van der Waals surface area contributed by atoms with E-state index < -0.39 is 0 Å². The van der Waals surface area contributed by atoms with E-state index in [1.165, 1.54) is 12.1 Å². The van der Waals surface area contributed by atoms with Gasteiger partial charge in [-0.15, -0.1) is 0 Å². The van der Waals surface area contributed by atoms with Gasteiger partial charge in [0, 0.05) is 12.1 Å². The van der Waals surface area contributed by atoms with Crippen molar-refractivity contribution in [2.24, 2.45) is 0 Å². The molecule has 82 valence electrons. The first-order valence-electron chi connectivity index (χ1n) is 5.03. The molecular weight excluding hydrogens is 205 g/mol. The normalized spacial score (nSPS) is 10.4. The molecule has 1 N–H and O–H groups in total. The Labute approximate surface area is 93.3 Å². The fourth-order valence-corrected chi connectivity index (χ4v) is 1.41. The highest BCUT2D eigenvalue weighted by Crippen LogP contribution is 2.16. The van der Waals surface area contributed by atoms with E-state index in [9.17, 15) is 4.39 Å². The molecule has 0 aliphatic heterocycles. The van der Waals surface area contributed by atoms with Gasteiger partial charge < -0.3 is 5.32 Å². The Morgan fingerprint density at radius 3 is 2.38 bits per heavy atom. The van der Waals surface area contributed by atoms with E-state index in [1.54, 1.807) is 12.1 Å². The summed E-state index contributed by atoms with van der Waals surface area (Å²) in [5.74, 6) is -0.247. The fourth-order valence-electron chi connectivity index (χ4n) is 1.41. The van der Waals surface area contributed by atoms with Crippen molar-refractivity contribution < 1.29 is 4.39 Å². The molecule has 0 saturated heterocycles. The van der Waals surface area contributed by atoms with Gasteiger partial charge in [-0.25, -0.2) is 4.39 Å². The average molecular weight is 217 g/mol. The van der Waals surface area contributed by atoms with Crippen molar-refractivity contribution in [3.8, 4) is 11.3 Å². The summed E-state index contributed by atoms with van der Waals surface area (Å²) in [6.45, 7) is 0.691. The molecule has 0 unspecified atom stereocenters. The lowest BCUT2D eigenvalue weighted by atomic mass is 10.1. The maximum absolute atomic E-state index is 12.7. The summed E-state index contributed by atoms with van der Waals surface area (Å²) in [6, 6.07) is 10.0. The molecule has 0 radical (unpaired) electrons. The van der Waals surface area contributed by atoms with E-state index in [4.69, 9.17) is 0 Å². The van der Waals surface area contributed by atoms with Crippen molar-refractivity contribution >= 4 is 0 Å². The number of rotatable bonds is 3. The van der Waals surface area contributed by atoms with Crippen LogP contribution in [-0.2, 0) is 6.54 Å². The van der Waals surface area contributed by atoms with E-state index in [0.29, 0.717) is 6.54 Å². The third-order valence-electron chi connectivity index (χ3n) is 2.22. The Bertz CT molecular complexity index is 451. The minimum absolute atomic E-state index is 0.247. The Hall–Kier alpha value is -1.81. The fraction of sp³-hybridized carbons (Fsp3) is 0.167. The standard InChI is InChI=1S/C12H12FN3/c1-14-8-11-6-7-12(16-15-11)9-2-4-10(13)5-3-9/h2-7,14H,8H2,1H3. The number of nitrogens with zero attached hydrogens (tertiary/aromatic N) is 2. The highest BCUT2D eigenvalue weighted by atomic mass is 19.1. The molecule has 1 aromatic carbocycles. The second-order valence-corrected chi connectivity index (χ2v) is 3.45. The third-order valence-corrected chi connectivity index (χ3v) is 2.22. The van der Waals surface area contributed by atoms with Crippen LogP contribution in [0.1, 0.15) is 5.69 Å². The van der Waals surface area contributed by atoms with Crippen molar-refractivity contribution in [2.45, 2.75) is 6.54 Å². The number of aromatic nitrogens is 2. The van der Waals surface area contributed by atoms with Crippen molar-refractivity contribution in [2.75, 3.05) is 7.05 Å². The van der Waals surface area contributed by atoms with E-state index in [0.717, 1.165) is 17.0 Å². The molecule has 2 rings (SSSR count). The molecule has 0 saturated carbocycles. The zero-order chi connectivity index (χ0) is 11.4. The number of halogens is 1. The first-order chi connectivity index (χ1) is 7.79. The van der Waals surface area contributed by atoms with E-state index in [2.05, 4.69) is 15.5 Å². The van der Waals surface area contributed by atoms with Crippen LogP contribution in [0, 0.1) is 5.82 Å². The largest absolute Gasteiger partial charge is 0.314 e. The second kappa shape index (κ2) is 4.81. The second-order valence-electron chi connectivity index (χ2n) is 3.45. The number of nitrogens with one attached hydrogen (secondary N) is 1. The molecule has 3 nitrogen and oxygen atoms in total. The van der Waals surface area contributed by atoms with Gasteiger partial charge in [0.15, 0.2) is 0 Å². The van der Waals surface area contributed by atoms with E-state index >= 15 is 0 Å². The van der Waals surface area contributed by atoms with E-state index in [-0.39, 0.29) is 5.82 Å². The van der Waals surface area contributed by atoms with Crippen molar-refractivity contribution in [3.63, 3.8) is 0 Å². The van der Waals surface area contributed by atoms with Gasteiger partial charge >= 0.3 is 0 Å². The molecule has 2 aromatic rings. The summed E-state index contributed by atoms with van der Waals surface area (Å²) in [5.41, 5.74) is 2.50. The number of hydrogen-bond donors (Lipinski definition) is 1. The molecule has 0 fully saturated rings. The molecule has 0 aliphatic rings. The maximum Gasteiger partial charge on any atom is 0.123 e. The van der Waals surface area contributed by atoms with E-state index in [1.807, 2.05) is 19.2 Å².